The van der Waals surface area contributed by atoms with Crippen molar-refractivity contribution in [1.29, 1.82) is 0 Å². The van der Waals surface area contributed by atoms with Gasteiger partial charge in [0, 0.05) is 22.9 Å². The fourth-order valence-corrected chi connectivity index (χ4v) is 5.51. The van der Waals surface area contributed by atoms with Gasteiger partial charge in [-0.1, -0.05) is 35.2 Å². The number of aryl methyl sites for hydroxylation is 1. The van der Waals surface area contributed by atoms with Crippen molar-refractivity contribution in [1.82, 2.24) is 24.0 Å². The molecule has 5 aromatic rings. The SMILES string of the molecule is Cc1csc2nc(CSc3nnc4sc5ccccc5n34)cc(=O)n12. The first-order chi connectivity index (χ1) is 12.2. The molecule has 0 radical (unpaired) electrons. The Labute approximate surface area is 153 Å². The number of thiazole rings is 2. The van der Waals surface area contributed by atoms with Crippen LogP contribution in [0.5, 0.6) is 0 Å². The molecule has 9 heteroatoms. The summed E-state index contributed by atoms with van der Waals surface area (Å²) < 4.78 is 4.88. The number of benzene rings is 1. The van der Waals surface area contributed by atoms with Crippen LogP contribution in [0.25, 0.3) is 20.1 Å². The zero-order valence-electron chi connectivity index (χ0n) is 13.0. The van der Waals surface area contributed by atoms with Gasteiger partial charge in [0.25, 0.3) is 5.56 Å². The van der Waals surface area contributed by atoms with Gasteiger partial charge in [0.05, 0.1) is 15.9 Å². The van der Waals surface area contributed by atoms with Crippen molar-refractivity contribution in [3.63, 3.8) is 0 Å². The van der Waals surface area contributed by atoms with Crippen molar-refractivity contribution in [3.05, 3.63) is 57.5 Å². The predicted octanol–water partition coefficient (Wildman–Crippen LogP) is 3.61. The van der Waals surface area contributed by atoms with E-state index in [1.165, 1.54) is 16.0 Å². The van der Waals surface area contributed by atoms with Crippen LogP contribution in [0.4, 0.5) is 0 Å². The number of hydrogen-bond acceptors (Lipinski definition) is 7. The third-order valence-corrected chi connectivity index (χ3v) is 6.81. The molecule has 1 aromatic carbocycles. The third-order valence-electron chi connectivity index (χ3n) is 3.89. The van der Waals surface area contributed by atoms with Crippen LogP contribution in [-0.2, 0) is 5.75 Å². The van der Waals surface area contributed by atoms with Crippen LogP contribution >= 0.6 is 34.4 Å². The van der Waals surface area contributed by atoms with Crippen LogP contribution in [0, 0.1) is 6.92 Å². The Hall–Kier alpha value is -2.23. The maximum atomic E-state index is 12.3. The maximum Gasteiger partial charge on any atom is 0.258 e. The molecule has 4 aromatic heterocycles. The van der Waals surface area contributed by atoms with Gasteiger partial charge in [0.1, 0.15) is 0 Å². The molecule has 0 amide bonds. The standard InChI is InChI=1S/C16H11N5OS3/c1-9-7-23-14-17-10(6-13(22)20(9)14)8-24-15-18-19-16-21(15)11-4-2-3-5-12(11)25-16/h2-7H,8H2,1H3. The molecule has 0 saturated heterocycles. The summed E-state index contributed by atoms with van der Waals surface area (Å²) in [6.07, 6.45) is 0. The second-order valence-corrected chi connectivity index (χ2v) is 8.33. The largest absolute Gasteiger partial charge is 0.269 e. The lowest BCUT2D eigenvalue weighted by molar-refractivity contribution is 0.937. The topological polar surface area (TPSA) is 64.6 Å². The number of thioether (sulfide) groups is 1. The minimum Gasteiger partial charge on any atom is -0.269 e. The summed E-state index contributed by atoms with van der Waals surface area (Å²) in [6.45, 7) is 1.91. The molecule has 0 bridgehead atoms. The molecule has 0 saturated carbocycles. The fourth-order valence-electron chi connectivity index (χ4n) is 2.76. The highest BCUT2D eigenvalue weighted by atomic mass is 32.2. The number of fused-ring (bicyclic) bond motifs is 4. The van der Waals surface area contributed by atoms with Gasteiger partial charge in [0.2, 0.25) is 4.96 Å². The lowest BCUT2D eigenvalue weighted by atomic mass is 10.3. The van der Waals surface area contributed by atoms with E-state index < -0.39 is 0 Å². The average molecular weight is 385 g/mol. The van der Waals surface area contributed by atoms with Gasteiger partial charge in [-0.25, -0.2) is 4.98 Å². The highest BCUT2D eigenvalue weighted by Gasteiger charge is 2.13. The van der Waals surface area contributed by atoms with Crippen LogP contribution in [0.1, 0.15) is 11.4 Å². The normalized spacial score (nSPS) is 11.9. The van der Waals surface area contributed by atoms with E-state index >= 15 is 0 Å². The van der Waals surface area contributed by atoms with Crippen molar-refractivity contribution in [3.8, 4) is 0 Å². The minimum absolute atomic E-state index is 0.0354. The molecule has 0 aliphatic heterocycles. The van der Waals surface area contributed by atoms with E-state index in [2.05, 4.69) is 31.7 Å². The van der Waals surface area contributed by atoms with Crippen LogP contribution in [0.2, 0.25) is 0 Å². The summed E-state index contributed by atoms with van der Waals surface area (Å²) in [7, 11) is 0. The van der Waals surface area contributed by atoms with E-state index in [0.29, 0.717) is 5.75 Å². The lowest BCUT2D eigenvalue weighted by Gasteiger charge is -2.01. The van der Waals surface area contributed by atoms with Gasteiger partial charge >= 0.3 is 0 Å². The quantitative estimate of drug-likeness (QED) is 0.444. The number of aromatic nitrogens is 5. The van der Waals surface area contributed by atoms with E-state index in [1.54, 1.807) is 33.6 Å². The van der Waals surface area contributed by atoms with Crippen molar-refractivity contribution < 1.29 is 0 Å². The van der Waals surface area contributed by atoms with Crippen molar-refractivity contribution in [2.24, 2.45) is 0 Å². The molecule has 124 valence electrons. The Kier molecular flexibility index (Phi) is 3.40. The Morgan fingerprint density at radius 3 is 2.96 bits per heavy atom. The van der Waals surface area contributed by atoms with Gasteiger partial charge in [-0.05, 0) is 19.1 Å². The first-order valence-electron chi connectivity index (χ1n) is 7.53. The summed E-state index contributed by atoms with van der Waals surface area (Å²) in [6, 6.07) is 9.78. The maximum absolute atomic E-state index is 12.3. The van der Waals surface area contributed by atoms with Gasteiger partial charge in [-0.2, -0.15) is 0 Å². The summed E-state index contributed by atoms with van der Waals surface area (Å²) in [5, 5.41) is 11.3. The summed E-state index contributed by atoms with van der Waals surface area (Å²) in [5.74, 6) is 0.577. The van der Waals surface area contributed by atoms with Gasteiger partial charge in [0.15, 0.2) is 10.1 Å². The van der Waals surface area contributed by atoms with Crippen molar-refractivity contribution in [2.45, 2.75) is 17.8 Å². The summed E-state index contributed by atoms with van der Waals surface area (Å²) in [4.78, 5) is 18.5. The van der Waals surface area contributed by atoms with E-state index in [9.17, 15) is 4.79 Å². The van der Waals surface area contributed by atoms with Crippen LogP contribution in [0.15, 0.2) is 45.7 Å². The molecule has 0 unspecified atom stereocenters. The average Bonchev–Trinajstić information content (AvgIpc) is 3.27. The minimum atomic E-state index is -0.0354. The Bertz CT molecular complexity index is 1300. The number of rotatable bonds is 3. The zero-order chi connectivity index (χ0) is 17.0. The van der Waals surface area contributed by atoms with E-state index in [4.69, 9.17) is 0 Å². The highest BCUT2D eigenvalue weighted by Crippen LogP contribution is 2.30. The molecule has 6 nitrogen and oxygen atoms in total. The monoisotopic (exact) mass is 385 g/mol. The first kappa shape index (κ1) is 15.1. The molecule has 0 fully saturated rings. The van der Waals surface area contributed by atoms with E-state index in [-0.39, 0.29) is 5.56 Å². The number of para-hydroxylation sites is 1. The lowest BCUT2D eigenvalue weighted by Crippen LogP contribution is -2.14. The third kappa shape index (κ3) is 2.38. The zero-order valence-corrected chi connectivity index (χ0v) is 15.5. The first-order valence-corrected chi connectivity index (χ1v) is 10.2. The van der Waals surface area contributed by atoms with Gasteiger partial charge in [-0.3, -0.25) is 13.6 Å². The molecule has 0 aliphatic carbocycles. The molecule has 0 N–H and O–H groups in total. The van der Waals surface area contributed by atoms with Crippen LogP contribution < -0.4 is 5.56 Å². The van der Waals surface area contributed by atoms with Crippen molar-refractivity contribution in [2.75, 3.05) is 0 Å². The Morgan fingerprint density at radius 1 is 1.16 bits per heavy atom. The number of nitrogens with zero attached hydrogens (tertiary/aromatic N) is 5. The summed E-state index contributed by atoms with van der Waals surface area (Å²) >= 11 is 4.65. The van der Waals surface area contributed by atoms with E-state index in [0.717, 1.165) is 32.0 Å². The second kappa shape index (κ2) is 5.65. The van der Waals surface area contributed by atoms with E-state index in [1.807, 2.05) is 24.4 Å². The molecule has 0 atom stereocenters. The highest BCUT2D eigenvalue weighted by molar-refractivity contribution is 7.98. The molecular weight excluding hydrogens is 374 g/mol. The molecule has 0 spiro atoms. The van der Waals surface area contributed by atoms with Crippen LogP contribution in [-0.4, -0.2) is 24.0 Å². The van der Waals surface area contributed by atoms with Gasteiger partial charge in [-0.15, -0.1) is 21.5 Å². The summed E-state index contributed by atoms with van der Waals surface area (Å²) in [5.41, 5.74) is 2.74. The predicted molar refractivity (Wildman–Crippen MR) is 102 cm³/mol. The molecule has 0 aliphatic rings. The van der Waals surface area contributed by atoms with Gasteiger partial charge < -0.3 is 0 Å². The fraction of sp³-hybridized carbons (Fsp3) is 0.125. The molecule has 5 rings (SSSR count). The van der Waals surface area contributed by atoms with Crippen molar-refractivity contribution >= 4 is 54.6 Å². The Morgan fingerprint density at radius 2 is 2.04 bits per heavy atom. The second-order valence-electron chi connectivity index (χ2n) is 5.54. The van der Waals surface area contributed by atoms with Crippen LogP contribution in [0.3, 0.4) is 0 Å². The Balaban J connectivity index is 1.52. The smallest absolute Gasteiger partial charge is 0.258 e. The molecular formula is C16H11N5OS3. The molecule has 25 heavy (non-hydrogen) atoms. The number of hydrogen-bond donors (Lipinski definition) is 0. The molecule has 4 heterocycles.